The van der Waals surface area contributed by atoms with Crippen LogP contribution in [0.1, 0.15) is 30.9 Å². The van der Waals surface area contributed by atoms with Gasteiger partial charge in [0.1, 0.15) is 17.7 Å². The van der Waals surface area contributed by atoms with Crippen molar-refractivity contribution in [1.29, 1.82) is 0 Å². The third-order valence-corrected chi connectivity index (χ3v) is 5.86. The molecule has 0 radical (unpaired) electrons. The molecule has 4 nitrogen and oxygen atoms in total. The van der Waals surface area contributed by atoms with Crippen molar-refractivity contribution in [2.45, 2.75) is 45.0 Å². The number of hydrogen-bond donors (Lipinski definition) is 1. The first-order valence-electron chi connectivity index (χ1n) is 11.7. The summed E-state index contributed by atoms with van der Waals surface area (Å²) in [6.45, 7) is 2.62. The van der Waals surface area contributed by atoms with Crippen LogP contribution in [0.5, 0.6) is 5.75 Å². The Kier molecular flexibility index (Phi) is 8.10. The molecule has 0 aromatic heterocycles. The maximum Gasteiger partial charge on any atom is 0.216 e. The van der Waals surface area contributed by atoms with E-state index in [9.17, 15) is 9.18 Å². The summed E-state index contributed by atoms with van der Waals surface area (Å²) in [5, 5.41) is 2.82. The number of amides is 1. The van der Waals surface area contributed by atoms with E-state index in [4.69, 9.17) is 9.47 Å². The molecule has 0 bridgehead atoms. The Morgan fingerprint density at radius 2 is 1.76 bits per heavy atom. The molecule has 0 saturated heterocycles. The van der Waals surface area contributed by atoms with Gasteiger partial charge < -0.3 is 14.8 Å². The minimum Gasteiger partial charge on any atom is -0.486 e. The molecule has 1 aliphatic rings. The zero-order valence-electron chi connectivity index (χ0n) is 19.4. The van der Waals surface area contributed by atoms with Gasteiger partial charge in [-0.3, -0.25) is 4.79 Å². The summed E-state index contributed by atoms with van der Waals surface area (Å²) < 4.78 is 26.2. The first-order chi connectivity index (χ1) is 16.6. The lowest BCUT2D eigenvalue weighted by Gasteiger charge is -2.24. The van der Waals surface area contributed by atoms with Gasteiger partial charge in [0, 0.05) is 13.5 Å². The molecule has 3 aromatic rings. The minimum absolute atomic E-state index is 0.0397. The molecular formula is C29H30FNO3. The first kappa shape index (κ1) is 23.7. The highest BCUT2D eigenvalue weighted by molar-refractivity contribution is 5.73. The van der Waals surface area contributed by atoms with E-state index in [0.29, 0.717) is 19.6 Å². The standard InChI is InChI=1S/C29H30FNO3/c1-21(32)31-17-16-23-10-11-28(19-29(23)24-8-5-9-25(30)18-24)34-27-14-12-26(13-15-27)33-20-22-6-3-2-4-7-22/h2-12,14,18-19,26-27H,13,15-17,20H2,1H3,(H,31,32). The molecule has 5 heteroatoms. The molecule has 3 aromatic carbocycles. The number of benzene rings is 3. The Bertz CT molecular complexity index is 1130. The van der Waals surface area contributed by atoms with Gasteiger partial charge in [-0.2, -0.15) is 0 Å². The van der Waals surface area contributed by atoms with Gasteiger partial charge in [0.05, 0.1) is 12.7 Å². The largest absolute Gasteiger partial charge is 0.486 e. The van der Waals surface area contributed by atoms with Crippen molar-refractivity contribution in [3.8, 4) is 16.9 Å². The number of carbonyl (C=O) groups excluding carboxylic acids is 1. The summed E-state index contributed by atoms with van der Waals surface area (Å²) in [6.07, 6.45) is 6.57. The minimum atomic E-state index is -0.284. The SMILES string of the molecule is CC(=O)NCCc1ccc(OC2C=CC(OCc3ccccc3)CC2)cc1-c1cccc(F)c1. The summed E-state index contributed by atoms with van der Waals surface area (Å²) >= 11 is 0. The Morgan fingerprint density at radius 1 is 0.971 bits per heavy atom. The lowest BCUT2D eigenvalue weighted by Crippen LogP contribution is -2.23. The highest BCUT2D eigenvalue weighted by atomic mass is 19.1. The van der Waals surface area contributed by atoms with Crippen molar-refractivity contribution < 1.29 is 18.7 Å². The molecule has 1 amide bonds. The molecule has 0 fully saturated rings. The van der Waals surface area contributed by atoms with Crippen LogP contribution in [0.25, 0.3) is 11.1 Å². The molecule has 1 aliphatic carbocycles. The zero-order valence-corrected chi connectivity index (χ0v) is 19.4. The van der Waals surface area contributed by atoms with E-state index >= 15 is 0 Å². The van der Waals surface area contributed by atoms with E-state index in [-0.39, 0.29) is 23.9 Å². The van der Waals surface area contributed by atoms with Crippen LogP contribution in [-0.4, -0.2) is 24.7 Å². The number of hydrogen-bond acceptors (Lipinski definition) is 3. The average Bonchev–Trinajstić information content (AvgIpc) is 2.85. The van der Waals surface area contributed by atoms with Crippen molar-refractivity contribution >= 4 is 5.91 Å². The van der Waals surface area contributed by atoms with E-state index in [1.807, 2.05) is 42.5 Å². The van der Waals surface area contributed by atoms with Crippen molar-refractivity contribution in [3.05, 3.63) is 102 Å². The fourth-order valence-corrected chi connectivity index (χ4v) is 4.10. The highest BCUT2D eigenvalue weighted by Crippen LogP contribution is 2.30. The molecule has 1 N–H and O–H groups in total. The molecular weight excluding hydrogens is 429 g/mol. The van der Waals surface area contributed by atoms with Crippen molar-refractivity contribution in [2.24, 2.45) is 0 Å². The fourth-order valence-electron chi connectivity index (χ4n) is 4.10. The van der Waals surface area contributed by atoms with Crippen LogP contribution < -0.4 is 10.1 Å². The van der Waals surface area contributed by atoms with Crippen LogP contribution in [0.4, 0.5) is 4.39 Å². The van der Waals surface area contributed by atoms with Gasteiger partial charge in [0.15, 0.2) is 0 Å². The summed E-state index contributed by atoms with van der Waals surface area (Å²) in [4.78, 5) is 11.2. The molecule has 2 unspecified atom stereocenters. The summed E-state index contributed by atoms with van der Waals surface area (Å²) in [5.74, 6) is 0.386. The van der Waals surface area contributed by atoms with Crippen molar-refractivity contribution in [2.75, 3.05) is 6.54 Å². The van der Waals surface area contributed by atoms with Crippen LogP contribution in [0.15, 0.2) is 84.9 Å². The number of carbonyl (C=O) groups is 1. The molecule has 34 heavy (non-hydrogen) atoms. The number of ether oxygens (including phenoxy) is 2. The smallest absolute Gasteiger partial charge is 0.216 e. The number of nitrogens with one attached hydrogen (secondary N) is 1. The second-order valence-corrected chi connectivity index (χ2v) is 8.52. The van der Waals surface area contributed by atoms with E-state index in [1.165, 1.54) is 19.1 Å². The predicted octanol–water partition coefficient (Wildman–Crippen LogP) is 5.85. The molecule has 176 valence electrons. The molecule has 0 aliphatic heterocycles. The van der Waals surface area contributed by atoms with Crippen LogP contribution in [0, 0.1) is 5.82 Å². The van der Waals surface area contributed by atoms with Gasteiger partial charge in [-0.1, -0.05) is 54.6 Å². The van der Waals surface area contributed by atoms with Crippen LogP contribution in [0.3, 0.4) is 0 Å². The van der Waals surface area contributed by atoms with E-state index in [2.05, 4.69) is 29.6 Å². The van der Waals surface area contributed by atoms with Crippen molar-refractivity contribution in [1.82, 2.24) is 5.32 Å². The predicted molar refractivity (Wildman–Crippen MR) is 132 cm³/mol. The maximum absolute atomic E-state index is 13.9. The second-order valence-electron chi connectivity index (χ2n) is 8.52. The van der Waals surface area contributed by atoms with Crippen LogP contribution >= 0.6 is 0 Å². The monoisotopic (exact) mass is 459 g/mol. The number of rotatable bonds is 9. The Balaban J connectivity index is 1.42. The van der Waals surface area contributed by atoms with Gasteiger partial charge in [0.25, 0.3) is 0 Å². The van der Waals surface area contributed by atoms with Crippen molar-refractivity contribution in [3.63, 3.8) is 0 Å². The Morgan fingerprint density at radius 3 is 2.50 bits per heavy atom. The quantitative estimate of drug-likeness (QED) is 0.408. The topological polar surface area (TPSA) is 47.6 Å². The van der Waals surface area contributed by atoms with Crippen LogP contribution in [-0.2, 0) is 22.6 Å². The van der Waals surface area contributed by atoms with Gasteiger partial charge in [-0.05, 0) is 71.9 Å². The van der Waals surface area contributed by atoms with E-state index in [1.54, 1.807) is 6.07 Å². The maximum atomic E-state index is 13.9. The summed E-state index contributed by atoms with van der Waals surface area (Å²) in [7, 11) is 0. The zero-order chi connectivity index (χ0) is 23.8. The highest BCUT2D eigenvalue weighted by Gasteiger charge is 2.18. The molecule has 4 rings (SSSR count). The molecule has 2 atom stereocenters. The molecule has 0 heterocycles. The normalized spacial score (nSPS) is 17.4. The Hall–Kier alpha value is -3.44. The van der Waals surface area contributed by atoms with Gasteiger partial charge in [-0.25, -0.2) is 4.39 Å². The average molecular weight is 460 g/mol. The molecule has 0 spiro atoms. The second kappa shape index (κ2) is 11.6. The fraction of sp³-hybridized carbons (Fsp3) is 0.276. The Labute approximate surface area is 200 Å². The summed E-state index contributed by atoms with van der Waals surface area (Å²) in [6, 6.07) is 22.6. The lowest BCUT2D eigenvalue weighted by molar-refractivity contribution is -0.118. The summed E-state index contributed by atoms with van der Waals surface area (Å²) in [5.41, 5.74) is 3.89. The van der Waals surface area contributed by atoms with E-state index < -0.39 is 0 Å². The van der Waals surface area contributed by atoms with Gasteiger partial charge in [0.2, 0.25) is 5.91 Å². The molecule has 0 saturated carbocycles. The number of halogens is 1. The lowest BCUT2D eigenvalue weighted by atomic mass is 9.97. The third kappa shape index (κ3) is 6.78. The third-order valence-electron chi connectivity index (χ3n) is 5.86. The van der Waals surface area contributed by atoms with Gasteiger partial charge in [-0.15, -0.1) is 0 Å². The van der Waals surface area contributed by atoms with Gasteiger partial charge >= 0.3 is 0 Å². The van der Waals surface area contributed by atoms with E-state index in [0.717, 1.165) is 40.8 Å². The first-order valence-corrected chi connectivity index (χ1v) is 11.7. The van der Waals surface area contributed by atoms with Crippen LogP contribution in [0.2, 0.25) is 0 Å².